The first kappa shape index (κ1) is 21.6. The predicted molar refractivity (Wildman–Crippen MR) is 107 cm³/mol. The Bertz CT molecular complexity index is 637. The zero-order valence-corrected chi connectivity index (χ0v) is 18.2. The van der Waals surface area contributed by atoms with Gasteiger partial charge in [-0.3, -0.25) is 0 Å². The molecule has 0 aliphatic heterocycles. The molecule has 0 amide bonds. The molecular weight excluding hydrogens is 368 g/mol. The third kappa shape index (κ3) is 3.36. The highest BCUT2D eigenvalue weighted by Crippen LogP contribution is 2.68. The van der Waals surface area contributed by atoms with Gasteiger partial charge in [-0.1, -0.05) is 20.8 Å². The lowest BCUT2D eigenvalue weighted by molar-refractivity contribution is -0.306. The number of carbonyl (C=O) groups is 1. The van der Waals surface area contributed by atoms with Crippen molar-refractivity contribution in [2.75, 3.05) is 0 Å². The standard InChI is InChI=1S/C24H40O5/c1-13(4-5-20(28)29)22-19(27)12-17-21-16(7-9-24(17,22)3)23(2)8-6-15(25)10-14(23)11-18(21)26/h13-19,21-22,25-27H,4-12H2,1-3H3,(H,28,29)/p-1/t13-,14+,15-,16+,17+,18-,19-,21-,22+,23+,24+/m1/s1. The lowest BCUT2D eigenvalue weighted by atomic mass is 9.43. The van der Waals surface area contributed by atoms with E-state index in [-0.39, 0.29) is 53.1 Å². The van der Waals surface area contributed by atoms with E-state index in [4.69, 9.17) is 0 Å². The molecule has 5 nitrogen and oxygen atoms in total. The number of aliphatic carboxylic acids is 1. The summed E-state index contributed by atoms with van der Waals surface area (Å²) in [5, 5.41) is 43.5. The first-order valence-electron chi connectivity index (χ1n) is 11.8. The van der Waals surface area contributed by atoms with Crippen LogP contribution in [0.25, 0.3) is 0 Å². The summed E-state index contributed by atoms with van der Waals surface area (Å²) in [6, 6.07) is 0. The Balaban J connectivity index is 1.59. The quantitative estimate of drug-likeness (QED) is 0.663. The molecular formula is C24H39O5-. The molecule has 0 aromatic heterocycles. The summed E-state index contributed by atoms with van der Waals surface area (Å²) in [4.78, 5) is 11.0. The van der Waals surface area contributed by atoms with Crippen LogP contribution in [0.5, 0.6) is 0 Å². The average Bonchev–Trinajstić information content (AvgIpc) is 2.91. The molecule has 0 unspecified atom stereocenters. The second-order valence-electron chi connectivity index (χ2n) is 11.5. The maximum absolute atomic E-state index is 11.2. The molecule has 0 aromatic carbocycles. The molecule has 4 fully saturated rings. The summed E-state index contributed by atoms with van der Waals surface area (Å²) >= 11 is 0. The van der Waals surface area contributed by atoms with Gasteiger partial charge in [0.2, 0.25) is 0 Å². The summed E-state index contributed by atoms with van der Waals surface area (Å²) in [5.74, 6) is 0.518. The van der Waals surface area contributed by atoms with Gasteiger partial charge < -0.3 is 25.2 Å². The highest BCUT2D eigenvalue weighted by Gasteiger charge is 2.64. The van der Waals surface area contributed by atoms with E-state index in [1.54, 1.807) is 0 Å². The van der Waals surface area contributed by atoms with Gasteiger partial charge in [-0.15, -0.1) is 0 Å². The van der Waals surface area contributed by atoms with Crippen LogP contribution in [0.4, 0.5) is 0 Å². The van der Waals surface area contributed by atoms with Crippen LogP contribution in [0.15, 0.2) is 0 Å². The fourth-order valence-electron chi connectivity index (χ4n) is 8.81. The second-order valence-corrected chi connectivity index (χ2v) is 11.5. The van der Waals surface area contributed by atoms with Crippen LogP contribution in [0.1, 0.15) is 78.6 Å². The van der Waals surface area contributed by atoms with Gasteiger partial charge in [0, 0.05) is 5.97 Å². The minimum atomic E-state index is -1.02. The highest BCUT2D eigenvalue weighted by molar-refractivity contribution is 5.64. The number of hydrogen-bond donors (Lipinski definition) is 3. The molecule has 4 aliphatic rings. The number of aliphatic hydroxyl groups is 3. The topological polar surface area (TPSA) is 101 Å². The van der Waals surface area contributed by atoms with Crippen LogP contribution in [0, 0.1) is 46.3 Å². The van der Waals surface area contributed by atoms with Crippen LogP contribution < -0.4 is 5.11 Å². The summed E-state index contributed by atoms with van der Waals surface area (Å²) in [6.45, 7) is 6.75. The fourth-order valence-corrected chi connectivity index (χ4v) is 8.81. The second kappa shape index (κ2) is 7.49. The molecule has 29 heavy (non-hydrogen) atoms. The van der Waals surface area contributed by atoms with Gasteiger partial charge in [0.25, 0.3) is 0 Å². The summed E-state index contributed by atoms with van der Waals surface area (Å²) < 4.78 is 0. The molecule has 0 saturated heterocycles. The molecule has 4 saturated carbocycles. The van der Waals surface area contributed by atoms with E-state index in [9.17, 15) is 25.2 Å². The fraction of sp³-hybridized carbons (Fsp3) is 0.958. The zero-order chi connectivity index (χ0) is 21.1. The number of carboxylic acids is 1. The minimum Gasteiger partial charge on any atom is -0.550 e. The van der Waals surface area contributed by atoms with Gasteiger partial charge in [-0.2, -0.15) is 0 Å². The number of aliphatic hydroxyl groups excluding tert-OH is 3. The third-order valence-corrected chi connectivity index (χ3v) is 10.2. The number of carboxylic acid groups (broad SMARTS) is 1. The van der Waals surface area contributed by atoms with Crippen molar-refractivity contribution in [1.82, 2.24) is 0 Å². The lowest BCUT2D eigenvalue weighted by Gasteiger charge is -2.62. The van der Waals surface area contributed by atoms with Crippen molar-refractivity contribution >= 4 is 5.97 Å². The zero-order valence-electron chi connectivity index (χ0n) is 18.2. The van der Waals surface area contributed by atoms with Gasteiger partial charge in [0.15, 0.2) is 0 Å². The Kier molecular flexibility index (Phi) is 5.57. The third-order valence-electron chi connectivity index (χ3n) is 10.2. The van der Waals surface area contributed by atoms with Gasteiger partial charge in [0.05, 0.1) is 18.3 Å². The van der Waals surface area contributed by atoms with E-state index >= 15 is 0 Å². The number of carbonyl (C=O) groups excluding carboxylic acids is 1. The SMILES string of the molecule is C[C@H](CCC(=O)[O-])[C@H]1[C@H](O)C[C@H]2[C@@H]3[C@H](O)C[C@@H]4C[C@H](O)CC[C@]4(C)[C@H]3CC[C@]12C. The lowest BCUT2D eigenvalue weighted by Crippen LogP contribution is -2.58. The van der Waals surface area contributed by atoms with Crippen molar-refractivity contribution < 1.29 is 25.2 Å². The smallest absolute Gasteiger partial charge is 0.0579 e. The molecule has 4 aliphatic carbocycles. The summed E-state index contributed by atoms with van der Waals surface area (Å²) in [5.41, 5.74) is 0.123. The number of hydrogen-bond acceptors (Lipinski definition) is 5. The average molecular weight is 408 g/mol. The van der Waals surface area contributed by atoms with Gasteiger partial charge in [-0.05, 0) is 104 Å². The van der Waals surface area contributed by atoms with Crippen LogP contribution in [-0.4, -0.2) is 39.6 Å². The molecule has 166 valence electrons. The minimum absolute atomic E-state index is 0.0435. The van der Waals surface area contributed by atoms with Crippen LogP contribution >= 0.6 is 0 Å². The molecule has 4 rings (SSSR count). The largest absolute Gasteiger partial charge is 0.550 e. The van der Waals surface area contributed by atoms with Crippen LogP contribution in [0.3, 0.4) is 0 Å². The molecule has 11 atom stereocenters. The van der Waals surface area contributed by atoms with Gasteiger partial charge in [0.1, 0.15) is 0 Å². The first-order chi connectivity index (χ1) is 13.6. The molecule has 0 heterocycles. The first-order valence-corrected chi connectivity index (χ1v) is 11.8. The molecule has 0 radical (unpaired) electrons. The van der Waals surface area contributed by atoms with E-state index in [2.05, 4.69) is 20.8 Å². The molecule has 0 bridgehead atoms. The Morgan fingerprint density at radius 1 is 1.00 bits per heavy atom. The summed E-state index contributed by atoms with van der Waals surface area (Å²) in [6.07, 6.45) is 5.86. The molecule has 5 heteroatoms. The van der Waals surface area contributed by atoms with Gasteiger partial charge >= 0.3 is 0 Å². The maximum Gasteiger partial charge on any atom is 0.0579 e. The van der Waals surface area contributed by atoms with Crippen LogP contribution in [0.2, 0.25) is 0 Å². The predicted octanol–water partition coefficient (Wildman–Crippen LogP) is 2.11. The Labute approximate surface area is 174 Å². The van der Waals surface area contributed by atoms with E-state index in [0.717, 1.165) is 44.9 Å². The van der Waals surface area contributed by atoms with Crippen molar-refractivity contribution in [2.45, 2.75) is 96.9 Å². The van der Waals surface area contributed by atoms with E-state index in [1.807, 2.05) is 0 Å². The van der Waals surface area contributed by atoms with Crippen molar-refractivity contribution in [2.24, 2.45) is 46.3 Å². The molecule has 0 aromatic rings. The van der Waals surface area contributed by atoms with Gasteiger partial charge in [-0.25, -0.2) is 0 Å². The maximum atomic E-state index is 11.2. The van der Waals surface area contributed by atoms with Crippen LogP contribution in [-0.2, 0) is 4.79 Å². The number of fused-ring (bicyclic) bond motifs is 5. The van der Waals surface area contributed by atoms with Crippen molar-refractivity contribution in [3.63, 3.8) is 0 Å². The number of rotatable bonds is 4. The molecule has 0 spiro atoms. The molecule has 3 N–H and O–H groups in total. The Hall–Kier alpha value is -0.650. The normalized spacial score (nSPS) is 52.9. The van der Waals surface area contributed by atoms with E-state index in [1.165, 1.54) is 0 Å². The Morgan fingerprint density at radius 3 is 2.38 bits per heavy atom. The van der Waals surface area contributed by atoms with Crippen molar-refractivity contribution in [3.05, 3.63) is 0 Å². The Morgan fingerprint density at radius 2 is 1.69 bits per heavy atom. The highest BCUT2D eigenvalue weighted by atomic mass is 16.4. The summed E-state index contributed by atoms with van der Waals surface area (Å²) in [7, 11) is 0. The monoisotopic (exact) mass is 407 g/mol. The van der Waals surface area contributed by atoms with E-state index in [0.29, 0.717) is 18.3 Å². The van der Waals surface area contributed by atoms with Crippen molar-refractivity contribution in [3.8, 4) is 0 Å². The van der Waals surface area contributed by atoms with E-state index < -0.39 is 12.1 Å². The van der Waals surface area contributed by atoms with Crippen molar-refractivity contribution in [1.29, 1.82) is 0 Å².